The first-order chi connectivity index (χ1) is 12.3. The fourth-order valence-corrected chi connectivity index (χ4v) is 2.37. The summed E-state index contributed by atoms with van der Waals surface area (Å²) in [6.07, 6.45) is -2.39. The predicted octanol–water partition coefficient (Wildman–Crippen LogP) is 4.13. The number of benzene rings is 1. The maximum atomic E-state index is 13.3. The molecule has 0 aliphatic rings. The third-order valence-corrected chi connectivity index (χ3v) is 3.78. The molecule has 0 fully saturated rings. The van der Waals surface area contributed by atoms with Crippen molar-refractivity contribution in [2.75, 3.05) is 0 Å². The Hall–Kier alpha value is -2.75. The van der Waals surface area contributed by atoms with Crippen molar-refractivity contribution in [2.45, 2.75) is 12.7 Å². The number of alkyl halides is 3. The topological polar surface area (TPSA) is 69.9 Å². The van der Waals surface area contributed by atoms with Crippen molar-refractivity contribution in [3.63, 3.8) is 0 Å². The first-order valence-corrected chi connectivity index (χ1v) is 7.99. The summed E-state index contributed by atoms with van der Waals surface area (Å²) >= 11 is 3.25. The number of rotatable bonds is 5. The molecule has 134 valence electrons. The zero-order valence-electron chi connectivity index (χ0n) is 12.9. The lowest BCUT2D eigenvalue weighted by atomic mass is 10.1. The minimum atomic E-state index is -4.81. The van der Waals surface area contributed by atoms with E-state index in [0.717, 1.165) is 15.2 Å². The van der Waals surface area contributed by atoms with Gasteiger partial charge in [0.15, 0.2) is 11.5 Å². The molecule has 6 nitrogen and oxygen atoms in total. The second kappa shape index (κ2) is 7.24. The summed E-state index contributed by atoms with van der Waals surface area (Å²) in [7, 11) is 0. The van der Waals surface area contributed by atoms with Crippen LogP contribution in [0.15, 0.2) is 53.5 Å². The second-order valence-corrected chi connectivity index (χ2v) is 6.03. The van der Waals surface area contributed by atoms with Crippen LogP contribution in [0, 0.1) is 0 Å². The molecule has 10 heteroatoms. The van der Waals surface area contributed by atoms with Crippen LogP contribution < -0.4 is 4.74 Å². The van der Waals surface area contributed by atoms with Crippen LogP contribution in [-0.4, -0.2) is 25.5 Å². The van der Waals surface area contributed by atoms with Gasteiger partial charge in [-0.1, -0.05) is 15.9 Å². The first kappa shape index (κ1) is 18.1. The normalized spacial score (nSPS) is 11.4. The maximum Gasteiger partial charge on any atom is 0.434 e. The Morgan fingerprint density at radius 3 is 2.50 bits per heavy atom. The molecule has 2 aromatic heterocycles. The lowest BCUT2D eigenvalue weighted by molar-refractivity contribution is -0.141. The largest absolute Gasteiger partial charge is 0.439 e. The summed E-state index contributed by atoms with van der Waals surface area (Å²) in [5, 5.41) is 3.71. The summed E-state index contributed by atoms with van der Waals surface area (Å²) in [6.45, 7) is -0.377. The van der Waals surface area contributed by atoms with Crippen LogP contribution in [0.1, 0.15) is 16.1 Å². The van der Waals surface area contributed by atoms with Crippen LogP contribution >= 0.6 is 15.9 Å². The van der Waals surface area contributed by atoms with E-state index < -0.39 is 23.2 Å². The monoisotopic (exact) mass is 426 g/mol. The van der Waals surface area contributed by atoms with E-state index in [9.17, 15) is 18.0 Å². The van der Waals surface area contributed by atoms with Crippen molar-refractivity contribution in [2.24, 2.45) is 0 Å². The molecule has 0 amide bonds. The number of hydrogen-bond acceptors (Lipinski definition) is 5. The molecular formula is C16H10BrF3N4O2. The fraction of sp³-hybridized carbons (Fsp3) is 0.125. The molecule has 0 N–H and O–H groups in total. The Morgan fingerprint density at radius 2 is 1.88 bits per heavy atom. The second-order valence-electron chi connectivity index (χ2n) is 5.12. The molecule has 0 bridgehead atoms. The van der Waals surface area contributed by atoms with Gasteiger partial charge in [0.05, 0.1) is 5.56 Å². The van der Waals surface area contributed by atoms with E-state index in [4.69, 9.17) is 4.74 Å². The average molecular weight is 427 g/mol. The van der Waals surface area contributed by atoms with Crippen LogP contribution in [0.4, 0.5) is 13.2 Å². The van der Waals surface area contributed by atoms with Gasteiger partial charge in [-0.3, -0.25) is 4.79 Å². The third kappa shape index (κ3) is 4.26. The molecule has 0 atom stereocenters. The number of aromatic nitrogens is 4. The molecule has 0 saturated carbocycles. The number of carbonyl (C=O) groups excluding carboxylic acids is 1. The standard InChI is InChI=1S/C16H10BrF3N4O2/c17-10-1-3-11(4-2-10)26-14-6-5-12(15(23-14)16(18,19)20)13(25)7-24-9-21-8-22-24/h1-6,8-9H,7H2. The molecule has 0 saturated heterocycles. The molecule has 0 unspecified atom stereocenters. The van der Waals surface area contributed by atoms with Gasteiger partial charge in [0.1, 0.15) is 24.9 Å². The number of ether oxygens (including phenoxy) is 1. The molecule has 3 rings (SSSR count). The van der Waals surface area contributed by atoms with E-state index in [0.29, 0.717) is 5.75 Å². The van der Waals surface area contributed by atoms with Crippen molar-refractivity contribution in [1.29, 1.82) is 0 Å². The SMILES string of the molecule is O=C(Cn1cncn1)c1ccc(Oc2ccc(Br)cc2)nc1C(F)(F)F. The minimum absolute atomic E-state index is 0.267. The zero-order valence-corrected chi connectivity index (χ0v) is 14.5. The minimum Gasteiger partial charge on any atom is -0.439 e. The summed E-state index contributed by atoms with van der Waals surface area (Å²) < 4.78 is 47.3. The van der Waals surface area contributed by atoms with Crippen LogP contribution in [0.25, 0.3) is 0 Å². The highest BCUT2D eigenvalue weighted by atomic mass is 79.9. The van der Waals surface area contributed by atoms with E-state index in [2.05, 4.69) is 31.0 Å². The molecule has 3 aromatic rings. The van der Waals surface area contributed by atoms with Gasteiger partial charge in [-0.15, -0.1) is 0 Å². The smallest absolute Gasteiger partial charge is 0.434 e. The molecule has 0 aliphatic heterocycles. The Labute approximate surface area is 153 Å². The van der Waals surface area contributed by atoms with Gasteiger partial charge < -0.3 is 4.74 Å². The molecular weight excluding hydrogens is 417 g/mol. The van der Waals surface area contributed by atoms with Crippen molar-refractivity contribution in [3.05, 3.63) is 64.8 Å². The summed E-state index contributed by atoms with van der Waals surface area (Å²) in [4.78, 5) is 19.3. The highest BCUT2D eigenvalue weighted by Gasteiger charge is 2.37. The number of halogens is 4. The molecule has 0 radical (unpaired) electrons. The van der Waals surface area contributed by atoms with E-state index in [1.165, 1.54) is 18.7 Å². The molecule has 1 aromatic carbocycles. The first-order valence-electron chi connectivity index (χ1n) is 7.20. The van der Waals surface area contributed by atoms with Gasteiger partial charge in [-0.05, 0) is 30.3 Å². The Bertz CT molecular complexity index is 912. The lowest BCUT2D eigenvalue weighted by Gasteiger charge is -2.13. The quantitative estimate of drug-likeness (QED) is 0.573. The van der Waals surface area contributed by atoms with Crippen LogP contribution in [0.5, 0.6) is 11.6 Å². The summed E-state index contributed by atoms with van der Waals surface area (Å²) in [6, 6.07) is 8.76. The number of ketones is 1. The van der Waals surface area contributed by atoms with Crippen LogP contribution in [-0.2, 0) is 12.7 Å². The predicted molar refractivity (Wildman–Crippen MR) is 87.8 cm³/mol. The summed E-state index contributed by atoms with van der Waals surface area (Å²) in [5.74, 6) is -0.738. The van der Waals surface area contributed by atoms with Crippen LogP contribution in [0.3, 0.4) is 0 Å². The van der Waals surface area contributed by atoms with Crippen LogP contribution in [0.2, 0.25) is 0 Å². The molecule has 0 spiro atoms. The van der Waals surface area contributed by atoms with E-state index in [1.807, 2.05) is 0 Å². The summed E-state index contributed by atoms with van der Waals surface area (Å²) in [5.41, 5.74) is -1.87. The third-order valence-electron chi connectivity index (χ3n) is 3.25. The van der Waals surface area contributed by atoms with E-state index in [-0.39, 0.29) is 12.4 Å². The van der Waals surface area contributed by atoms with Crippen molar-refractivity contribution in [3.8, 4) is 11.6 Å². The number of nitrogens with zero attached hydrogens (tertiary/aromatic N) is 4. The number of Topliss-reactive ketones (excluding diaryl/α,β-unsaturated/α-hetero) is 1. The van der Waals surface area contributed by atoms with E-state index >= 15 is 0 Å². The highest BCUT2D eigenvalue weighted by molar-refractivity contribution is 9.10. The maximum absolute atomic E-state index is 13.3. The van der Waals surface area contributed by atoms with Gasteiger partial charge in [0.25, 0.3) is 0 Å². The number of carbonyl (C=O) groups is 1. The lowest BCUT2D eigenvalue weighted by Crippen LogP contribution is -2.19. The fourth-order valence-electron chi connectivity index (χ4n) is 2.11. The van der Waals surface area contributed by atoms with Gasteiger partial charge in [-0.25, -0.2) is 14.6 Å². The van der Waals surface area contributed by atoms with Gasteiger partial charge in [0, 0.05) is 10.5 Å². The Balaban J connectivity index is 1.90. The van der Waals surface area contributed by atoms with Gasteiger partial charge >= 0.3 is 6.18 Å². The van der Waals surface area contributed by atoms with E-state index in [1.54, 1.807) is 24.3 Å². The number of hydrogen-bond donors (Lipinski definition) is 0. The Kier molecular flexibility index (Phi) is 5.03. The van der Waals surface area contributed by atoms with Gasteiger partial charge in [0.2, 0.25) is 5.88 Å². The Morgan fingerprint density at radius 1 is 1.15 bits per heavy atom. The van der Waals surface area contributed by atoms with Gasteiger partial charge in [-0.2, -0.15) is 18.3 Å². The zero-order chi connectivity index (χ0) is 18.7. The van der Waals surface area contributed by atoms with Crippen molar-refractivity contribution >= 4 is 21.7 Å². The average Bonchev–Trinajstić information content (AvgIpc) is 3.09. The molecule has 26 heavy (non-hydrogen) atoms. The van der Waals surface area contributed by atoms with Crippen molar-refractivity contribution < 1.29 is 22.7 Å². The molecule has 0 aliphatic carbocycles. The molecule has 2 heterocycles. The van der Waals surface area contributed by atoms with Crippen molar-refractivity contribution in [1.82, 2.24) is 19.7 Å². The number of pyridine rings is 1. The highest BCUT2D eigenvalue weighted by Crippen LogP contribution is 2.33.